The van der Waals surface area contributed by atoms with Crippen molar-refractivity contribution in [2.45, 2.75) is 13.1 Å². The Bertz CT molecular complexity index is 431. The summed E-state index contributed by atoms with van der Waals surface area (Å²) in [6.45, 7) is 4.96. The van der Waals surface area contributed by atoms with E-state index in [2.05, 4.69) is 10.0 Å². The van der Waals surface area contributed by atoms with Crippen molar-refractivity contribution in [1.29, 1.82) is 0 Å². The number of halogens is 3. The van der Waals surface area contributed by atoms with Crippen molar-refractivity contribution in [2.24, 2.45) is 5.10 Å². The van der Waals surface area contributed by atoms with Crippen LogP contribution in [0.25, 0.3) is 0 Å². The van der Waals surface area contributed by atoms with E-state index in [0.29, 0.717) is 0 Å². The molecular formula is C13H16F3N3. The summed E-state index contributed by atoms with van der Waals surface area (Å²) in [5.74, 6) is 0. The fourth-order valence-electron chi connectivity index (χ4n) is 2.09. The molecule has 0 spiro atoms. The molecule has 104 valence electrons. The Morgan fingerprint density at radius 2 is 1.63 bits per heavy atom. The van der Waals surface area contributed by atoms with Gasteiger partial charge in [-0.05, 0) is 31.2 Å². The first kappa shape index (κ1) is 13.7. The second-order valence-electron chi connectivity index (χ2n) is 4.36. The Morgan fingerprint density at radius 3 is 2.11 bits per heavy atom. The summed E-state index contributed by atoms with van der Waals surface area (Å²) in [5.41, 5.74) is 0.221. The van der Waals surface area contributed by atoms with E-state index < -0.39 is 11.7 Å². The van der Waals surface area contributed by atoms with Crippen LogP contribution < -0.4 is 4.90 Å². The summed E-state index contributed by atoms with van der Waals surface area (Å²) in [6.07, 6.45) is -2.53. The molecule has 1 aliphatic rings. The molecule has 0 aromatic heterocycles. The number of alkyl halides is 3. The van der Waals surface area contributed by atoms with Gasteiger partial charge in [-0.3, -0.25) is 5.01 Å². The molecule has 1 heterocycles. The predicted octanol–water partition coefficient (Wildman–Crippen LogP) is 2.83. The van der Waals surface area contributed by atoms with E-state index in [1.165, 1.54) is 12.1 Å². The van der Waals surface area contributed by atoms with Crippen molar-refractivity contribution in [2.75, 3.05) is 31.1 Å². The quantitative estimate of drug-likeness (QED) is 0.770. The van der Waals surface area contributed by atoms with Crippen LogP contribution in [0.4, 0.5) is 18.9 Å². The molecule has 1 saturated heterocycles. The number of rotatable bonds is 2. The van der Waals surface area contributed by atoms with Gasteiger partial charge in [-0.15, -0.1) is 0 Å². The lowest BCUT2D eigenvalue weighted by molar-refractivity contribution is -0.137. The maximum absolute atomic E-state index is 12.5. The van der Waals surface area contributed by atoms with Crippen LogP contribution >= 0.6 is 0 Å². The average Bonchev–Trinajstić information content (AvgIpc) is 2.39. The van der Waals surface area contributed by atoms with Crippen LogP contribution in [0.1, 0.15) is 12.5 Å². The maximum atomic E-state index is 12.5. The van der Waals surface area contributed by atoms with E-state index in [1.807, 2.05) is 11.9 Å². The zero-order valence-corrected chi connectivity index (χ0v) is 10.7. The molecule has 6 heteroatoms. The molecule has 2 rings (SSSR count). The minimum atomic E-state index is -4.27. The molecule has 1 aliphatic heterocycles. The van der Waals surface area contributed by atoms with Crippen LogP contribution in [0.5, 0.6) is 0 Å². The fraction of sp³-hybridized carbons (Fsp3) is 0.462. The van der Waals surface area contributed by atoms with Crippen molar-refractivity contribution in [3.63, 3.8) is 0 Å². The van der Waals surface area contributed by atoms with Crippen molar-refractivity contribution in [3.8, 4) is 0 Å². The Morgan fingerprint density at radius 1 is 1.05 bits per heavy atom. The highest BCUT2D eigenvalue weighted by Gasteiger charge is 2.30. The molecule has 1 aromatic carbocycles. The summed E-state index contributed by atoms with van der Waals surface area (Å²) in [6, 6.07) is 5.32. The van der Waals surface area contributed by atoms with Crippen molar-refractivity contribution in [1.82, 2.24) is 5.01 Å². The van der Waals surface area contributed by atoms with Crippen LogP contribution in [0, 0.1) is 0 Å². The third-order valence-electron chi connectivity index (χ3n) is 3.09. The second kappa shape index (κ2) is 5.50. The summed E-state index contributed by atoms with van der Waals surface area (Å²) in [5, 5.41) is 6.15. The highest BCUT2D eigenvalue weighted by Crippen LogP contribution is 2.30. The first-order valence-electron chi connectivity index (χ1n) is 6.16. The topological polar surface area (TPSA) is 18.8 Å². The molecule has 0 atom stereocenters. The molecule has 0 saturated carbocycles. The van der Waals surface area contributed by atoms with Gasteiger partial charge in [0.15, 0.2) is 0 Å². The Kier molecular flexibility index (Phi) is 3.97. The van der Waals surface area contributed by atoms with Crippen molar-refractivity contribution in [3.05, 3.63) is 29.8 Å². The number of hydrogen-bond acceptors (Lipinski definition) is 3. The van der Waals surface area contributed by atoms with E-state index in [4.69, 9.17) is 0 Å². The normalized spacial score (nSPS) is 17.3. The Balaban J connectivity index is 2.00. The first-order valence-corrected chi connectivity index (χ1v) is 6.16. The summed E-state index contributed by atoms with van der Waals surface area (Å²) >= 11 is 0. The number of anilines is 1. The molecule has 0 unspecified atom stereocenters. The molecular weight excluding hydrogens is 255 g/mol. The fourth-order valence-corrected chi connectivity index (χ4v) is 2.09. The summed E-state index contributed by atoms with van der Waals surface area (Å²) < 4.78 is 37.4. The van der Waals surface area contributed by atoms with Crippen LogP contribution in [0.3, 0.4) is 0 Å². The highest BCUT2D eigenvalue weighted by molar-refractivity contribution is 5.53. The summed E-state index contributed by atoms with van der Waals surface area (Å²) in [4.78, 5) is 2.07. The van der Waals surface area contributed by atoms with Crippen LogP contribution in [0.15, 0.2) is 29.4 Å². The van der Waals surface area contributed by atoms with Crippen molar-refractivity contribution >= 4 is 11.9 Å². The van der Waals surface area contributed by atoms with Gasteiger partial charge in [0.05, 0.1) is 18.7 Å². The lowest BCUT2D eigenvalue weighted by Gasteiger charge is -2.34. The van der Waals surface area contributed by atoms with Gasteiger partial charge in [0.25, 0.3) is 0 Å². The molecule has 0 bridgehead atoms. The van der Waals surface area contributed by atoms with Gasteiger partial charge >= 0.3 is 6.18 Å². The van der Waals surface area contributed by atoms with E-state index in [9.17, 15) is 13.2 Å². The van der Waals surface area contributed by atoms with Crippen LogP contribution in [0.2, 0.25) is 0 Å². The van der Waals surface area contributed by atoms with Gasteiger partial charge in [0.1, 0.15) is 0 Å². The van der Waals surface area contributed by atoms with E-state index in [-0.39, 0.29) is 0 Å². The Labute approximate surface area is 110 Å². The molecule has 0 radical (unpaired) electrons. The third kappa shape index (κ3) is 3.39. The van der Waals surface area contributed by atoms with Crippen LogP contribution in [-0.4, -0.2) is 37.4 Å². The smallest absolute Gasteiger partial charge is 0.368 e. The zero-order chi connectivity index (χ0) is 13.9. The maximum Gasteiger partial charge on any atom is 0.416 e. The standard InChI is InChI=1S/C13H16F3N3/c1-2-17-19-9-7-18(8-10-19)12-5-3-11(4-6-12)13(14,15)16/h2-6H,7-10H2,1H3/b17-2+. The molecule has 19 heavy (non-hydrogen) atoms. The van der Waals surface area contributed by atoms with E-state index in [0.717, 1.165) is 44.0 Å². The first-order chi connectivity index (χ1) is 9.00. The van der Waals surface area contributed by atoms with Gasteiger partial charge < -0.3 is 4.90 Å². The van der Waals surface area contributed by atoms with Crippen LogP contribution in [-0.2, 0) is 6.18 Å². The molecule has 0 aliphatic carbocycles. The summed E-state index contributed by atoms with van der Waals surface area (Å²) in [7, 11) is 0. The predicted molar refractivity (Wildman–Crippen MR) is 69.4 cm³/mol. The zero-order valence-electron chi connectivity index (χ0n) is 10.7. The molecule has 1 aromatic rings. The van der Waals surface area contributed by atoms with Gasteiger partial charge in [-0.25, -0.2) is 0 Å². The Hall–Kier alpha value is -1.72. The minimum absolute atomic E-state index is 0.606. The number of hydrogen-bond donors (Lipinski definition) is 0. The monoisotopic (exact) mass is 271 g/mol. The minimum Gasteiger partial charge on any atom is -0.368 e. The lowest BCUT2D eigenvalue weighted by atomic mass is 10.2. The molecule has 1 fully saturated rings. The second-order valence-corrected chi connectivity index (χ2v) is 4.36. The molecule has 0 N–H and O–H groups in total. The largest absolute Gasteiger partial charge is 0.416 e. The lowest BCUT2D eigenvalue weighted by Crippen LogP contribution is -2.44. The van der Waals surface area contributed by atoms with Gasteiger partial charge in [0.2, 0.25) is 0 Å². The van der Waals surface area contributed by atoms with E-state index >= 15 is 0 Å². The SMILES string of the molecule is C/C=N/N1CCN(c2ccc(C(F)(F)F)cc2)CC1. The number of hydrazone groups is 1. The average molecular weight is 271 g/mol. The van der Waals surface area contributed by atoms with E-state index in [1.54, 1.807) is 6.21 Å². The van der Waals surface area contributed by atoms with Gasteiger partial charge in [0, 0.05) is 25.0 Å². The number of piperazine rings is 1. The number of nitrogens with zero attached hydrogens (tertiary/aromatic N) is 3. The number of benzene rings is 1. The third-order valence-corrected chi connectivity index (χ3v) is 3.09. The molecule has 3 nitrogen and oxygen atoms in total. The van der Waals surface area contributed by atoms with Gasteiger partial charge in [-0.2, -0.15) is 18.3 Å². The highest BCUT2D eigenvalue weighted by atomic mass is 19.4. The van der Waals surface area contributed by atoms with Gasteiger partial charge in [-0.1, -0.05) is 0 Å². The van der Waals surface area contributed by atoms with Crippen molar-refractivity contribution < 1.29 is 13.2 Å². The molecule has 0 amide bonds.